The molecule has 1 aliphatic heterocycles. The third kappa shape index (κ3) is 5.67. The van der Waals surface area contributed by atoms with Crippen LogP contribution in [0.15, 0.2) is 54.6 Å². The molecule has 0 aliphatic carbocycles. The smallest absolute Gasteiger partial charge is 0.433 e. The van der Waals surface area contributed by atoms with Crippen LogP contribution in [-0.4, -0.2) is 61.7 Å². The number of rotatable bonds is 7. The number of piperazine rings is 1. The van der Waals surface area contributed by atoms with Crippen LogP contribution in [0.1, 0.15) is 18.2 Å². The van der Waals surface area contributed by atoms with Gasteiger partial charge in [-0.05, 0) is 43.2 Å². The molecule has 186 valence electrons. The molecule has 1 aliphatic rings. The zero-order valence-corrected chi connectivity index (χ0v) is 19.8. The highest BCUT2D eigenvalue weighted by atomic mass is 19.4. The largest absolute Gasteiger partial charge is 0.494 e. The molecule has 35 heavy (non-hydrogen) atoms. The van der Waals surface area contributed by atoms with Crippen molar-refractivity contribution in [2.45, 2.75) is 25.6 Å². The van der Waals surface area contributed by atoms with Gasteiger partial charge in [0.05, 0.1) is 13.7 Å². The Kier molecular flexibility index (Phi) is 7.45. The van der Waals surface area contributed by atoms with Gasteiger partial charge in [-0.15, -0.1) is 0 Å². The van der Waals surface area contributed by atoms with Gasteiger partial charge in [-0.2, -0.15) is 13.2 Å². The number of nitrogens with zero attached hydrogens (tertiary/aromatic N) is 3. The zero-order valence-electron chi connectivity index (χ0n) is 19.8. The maximum Gasteiger partial charge on any atom is 0.433 e. The zero-order chi connectivity index (χ0) is 25.0. The number of pyridine rings is 1. The summed E-state index contributed by atoms with van der Waals surface area (Å²) < 4.78 is 45.3. The number of nitrogens with one attached hydrogen (secondary N) is 1. The second-order valence-electron chi connectivity index (χ2n) is 8.59. The molecule has 9 heteroatoms. The average molecular weight is 487 g/mol. The first-order valence-corrected chi connectivity index (χ1v) is 11.6. The van der Waals surface area contributed by atoms with Crippen molar-refractivity contribution in [1.29, 1.82) is 0 Å². The lowest BCUT2D eigenvalue weighted by Crippen LogP contribution is -2.56. The number of aromatic nitrogens is 1. The molecule has 4 rings (SSSR count). The number of halogens is 3. The molecule has 1 fully saturated rings. The molecule has 1 unspecified atom stereocenters. The first-order chi connectivity index (χ1) is 16.8. The fourth-order valence-electron chi connectivity index (χ4n) is 4.61. The van der Waals surface area contributed by atoms with E-state index in [0.717, 1.165) is 23.7 Å². The number of anilines is 1. The summed E-state index contributed by atoms with van der Waals surface area (Å²) in [5.74, 6) is 0.281. The Morgan fingerprint density at radius 2 is 1.89 bits per heavy atom. The van der Waals surface area contributed by atoms with Crippen LogP contribution in [0.5, 0.6) is 5.75 Å². The van der Waals surface area contributed by atoms with Gasteiger partial charge in [0.25, 0.3) is 0 Å². The lowest BCUT2D eigenvalue weighted by atomic mass is 10.0. The van der Waals surface area contributed by atoms with Gasteiger partial charge >= 0.3 is 6.18 Å². The van der Waals surface area contributed by atoms with E-state index in [9.17, 15) is 18.0 Å². The number of alkyl halides is 3. The van der Waals surface area contributed by atoms with Crippen molar-refractivity contribution in [3.63, 3.8) is 0 Å². The summed E-state index contributed by atoms with van der Waals surface area (Å²) in [6.07, 6.45) is -3.79. The maximum absolute atomic E-state index is 13.3. The number of carbonyl (C=O) groups excluding carboxylic acids is 1. The van der Waals surface area contributed by atoms with Crippen molar-refractivity contribution in [2.75, 3.05) is 44.7 Å². The van der Waals surface area contributed by atoms with E-state index in [4.69, 9.17) is 4.74 Å². The molecule has 1 aromatic heterocycles. The summed E-state index contributed by atoms with van der Waals surface area (Å²) in [6, 6.07) is 16.1. The van der Waals surface area contributed by atoms with Gasteiger partial charge in [0.1, 0.15) is 17.0 Å². The number of benzene rings is 2. The van der Waals surface area contributed by atoms with E-state index < -0.39 is 11.9 Å². The minimum atomic E-state index is -4.54. The third-order valence-electron chi connectivity index (χ3n) is 6.29. The van der Waals surface area contributed by atoms with Crippen molar-refractivity contribution in [2.24, 2.45) is 0 Å². The summed E-state index contributed by atoms with van der Waals surface area (Å²) in [7, 11) is 1.42. The van der Waals surface area contributed by atoms with Crippen molar-refractivity contribution in [3.8, 4) is 5.75 Å². The molecule has 0 saturated carbocycles. The van der Waals surface area contributed by atoms with E-state index in [1.807, 2.05) is 31.2 Å². The average Bonchev–Trinajstić information content (AvgIpc) is 2.84. The number of hydrogen-bond acceptors (Lipinski definition) is 5. The monoisotopic (exact) mass is 486 g/mol. The molecular formula is C26H29F3N4O2. The summed E-state index contributed by atoms with van der Waals surface area (Å²) >= 11 is 0. The van der Waals surface area contributed by atoms with E-state index in [2.05, 4.69) is 32.2 Å². The van der Waals surface area contributed by atoms with Crippen LogP contribution < -0.4 is 15.0 Å². The number of carbonyl (C=O) groups is 1. The van der Waals surface area contributed by atoms with Crippen molar-refractivity contribution in [1.82, 2.24) is 15.2 Å². The molecule has 6 nitrogen and oxygen atoms in total. The molecule has 1 amide bonds. The second-order valence-corrected chi connectivity index (χ2v) is 8.59. The fraction of sp³-hybridized carbons (Fsp3) is 0.385. The van der Waals surface area contributed by atoms with Crippen LogP contribution in [0.2, 0.25) is 0 Å². The van der Waals surface area contributed by atoms with E-state index in [-0.39, 0.29) is 17.5 Å². The quantitative estimate of drug-likeness (QED) is 0.544. The van der Waals surface area contributed by atoms with Gasteiger partial charge in [0.2, 0.25) is 5.91 Å². The van der Waals surface area contributed by atoms with Crippen LogP contribution in [0.25, 0.3) is 10.9 Å². The van der Waals surface area contributed by atoms with Gasteiger partial charge in [-0.1, -0.05) is 30.3 Å². The Labute approximate surface area is 202 Å². The molecule has 1 atom stereocenters. The lowest BCUT2D eigenvalue weighted by Gasteiger charge is -2.42. The van der Waals surface area contributed by atoms with Crippen LogP contribution in [0.3, 0.4) is 0 Å². The highest BCUT2D eigenvalue weighted by Gasteiger charge is 2.34. The SMILES string of the molecule is CCNC(=O)CN1CCN(c2ccc(OC)c3nc(C(F)(F)F)ccc23)CC1Cc1ccccc1. The van der Waals surface area contributed by atoms with Crippen molar-refractivity contribution >= 4 is 22.5 Å². The topological polar surface area (TPSA) is 57.7 Å². The highest BCUT2D eigenvalue weighted by molar-refractivity contribution is 5.96. The van der Waals surface area contributed by atoms with E-state index in [1.165, 1.54) is 13.2 Å². The molecule has 1 saturated heterocycles. The van der Waals surface area contributed by atoms with E-state index >= 15 is 0 Å². The van der Waals surface area contributed by atoms with Crippen molar-refractivity contribution < 1.29 is 22.7 Å². The number of likely N-dealkylation sites (N-methyl/N-ethyl adjacent to an activating group) is 1. The molecule has 3 aromatic rings. The number of ether oxygens (including phenoxy) is 1. The minimum Gasteiger partial charge on any atom is -0.494 e. The fourth-order valence-corrected chi connectivity index (χ4v) is 4.61. The first kappa shape index (κ1) is 24.8. The number of hydrogen-bond donors (Lipinski definition) is 1. The Morgan fingerprint density at radius 1 is 1.11 bits per heavy atom. The molecule has 0 radical (unpaired) electrons. The molecular weight excluding hydrogens is 457 g/mol. The van der Waals surface area contributed by atoms with Crippen LogP contribution in [0, 0.1) is 0 Å². The van der Waals surface area contributed by atoms with Crippen molar-refractivity contribution in [3.05, 3.63) is 65.9 Å². The van der Waals surface area contributed by atoms with Gasteiger partial charge in [-0.3, -0.25) is 9.69 Å². The molecule has 1 N–H and O–H groups in total. The predicted octanol–water partition coefficient (Wildman–Crippen LogP) is 4.13. The summed E-state index contributed by atoms with van der Waals surface area (Å²) in [4.78, 5) is 20.6. The third-order valence-corrected chi connectivity index (χ3v) is 6.29. The Balaban J connectivity index is 1.66. The maximum atomic E-state index is 13.3. The van der Waals surface area contributed by atoms with Crippen LogP contribution >= 0.6 is 0 Å². The van der Waals surface area contributed by atoms with Crippen LogP contribution in [0.4, 0.5) is 18.9 Å². The lowest BCUT2D eigenvalue weighted by molar-refractivity contribution is -0.141. The van der Waals surface area contributed by atoms with Gasteiger partial charge < -0.3 is 15.0 Å². The van der Waals surface area contributed by atoms with Gasteiger partial charge in [0.15, 0.2) is 0 Å². The summed E-state index contributed by atoms with van der Waals surface area (Å²) in [5, 5.41) is 3.47. The van der Waals surface area contributed by atoms with E-state index in [0.29, 0.717) is 43.9 Å². The summed E-state index contributed by atoms with van der Waals surface area (Å²) in [6.45, 7) is 4.68. The Bertz CT molecular complexity index is 1170. The number of amides is 1. The van der Waals surface area contributed by atoms with Gasteiger partial charge in [0, 0.05) is 43.3 Å². The first-order valence-electron chi connectivity index (χ1n) is 11.6. The Hall–Kier alpha value is -3.33. The van der Waals surface area contributed by atoms with E-state index in [1.54, 1.807) is 6.07 Å². The molecule has 2 aromatic carbocycles. The molecule has 0 spiro atoms. The highest BCUT2D eigenvalue weighted by Crippen LogP contribution is 2.37. The standard InChI is InChI=1S/C26H29F3N4O2/c1-3-30-24(34)17-32-13-14-33(16-19(32)15-18-7-5-4-6-8-18)21-10-11-22(35-2)25-20(21)9-12-23(31-25)26(27,28)29/h4-12,19H,3,13-17H2,1-2H3,(H,30,34). The van der Waals surface area contributed by atoms with Gasteiger partial charge in [-0.25, -0.2) is 4.98 Å². The molecule has 0 bridgehead atoms. The predicted molar refractivity (Wildman–Crippen MR) is 130 cm³/mol. The Morgan fingerprint density at radius 3 is 2.57 bits per heavy atom. The number of methoxy groups -OCH3 is 1. The minimum absolute atomic E-state index is 0.0159. The number of fused-ring (bicyclic) bond motifs is 1. The summed E-state index contributed by atoms with van der Waals surface area (Å²) in [5.41, 5.74) is 1.20. The molecule has 2 heterocycles. The second kappa shape index (κ2) is 10.5. The van der Waals surface area contributed by atoms with Crippen LogP contribution in [-0.2, 0) is 17.4 Å². The normalized spacial score (nSPS) is 16.9.